The van der Waals surface area contributed by atoms with Crippen LogP contribution < -0.4 is 4.74 Å². The van der Waals surface area contributed by atoms with Crippen molar-refractivity contribution in [2.75, 3.05) is 32.8 Å². The first-order valence-electron chi connectivity index (χ1n) is 11.2. The van der Waals surface area contributed by atoms with Gasteiger partial charge in [0.1, 0.15) is 11.5 Å². The van der Waals surface area contributed by atoms with Gasteiger partial charge >= 0.3 is 0 Å². The summed E-state index contributed by atoms with van der Waals surface area (Å²) in [7, 11) is 0. The standard InChI is InChI=1S/C26H32N2O4/c1-5-27(6-2)16-17-28-23(19-10-8-18(4)9-11-19)22(25(30)26(28)31)24(29)20-12-14-21(15-13-20)32-7-3/h8-15,23,29H,5-7,16-17H2,1-4H3/b24-22+/t23-/m1/s1. The van der Waals surface area contributed by atoms with Gasteiger partial charge in [-0.1, -0.05) is 43.7 Å². The molecule has 1 atom stereocenters. The average Bonchev–Trinajstić information content (AvgIpc) is 3.05. The zero-order valence-corrected chi connectivity index (χ0v) is 19.3. The Morgan fingerprint density at radius 1 is 1.00 bits per heavy atom. The summed E-state index contributed by atoms with van der Waals surface area (Å²) in [6.45, 7) is 11.4. The topological polar surface area (TPSA) is 70.1 Å². The molecule has 1 aliphatic heterocycles. The molecule has 1 amide bonds. The van der Waals surface area contributed by atoms with Crippen molar-refractivity contribution < 1.29 is 19.4 Å². The number of aryl methyl sites for hydroxylation is 1. The molecule has 0 saturated carbocycles. The summed E-state index contributed by atoms with van der Waals surface area (Å²) in [6.07, 6.45) is 0. The Labute approximate surface area is 190 Å². The second-order valence-electron chi connectivity index (χ2n) is 7.89. The predicted octanol–water partition coefficient (Wildman–Crippen LogP) is 4.16. The maximum absolute atomic E-state index is 13.1. The Bertz CT molecular complexity index is 976. The molecule has 0 bridgehead atoms. The summed E-state index contributed by atoms with van der Waals surface area (Å²) < 4.78 is 5.47. The highest BCUT2D eigenvalue weighted by Gasteiger charge is 2.45. The fraction of sp³-hybridized carbons (Fsp3) is 0.385. The first-order chi connectivity index (χ1) is 15.4. The van der Waals surface area contributed by atoms with E-state index in [9.17, 15) is 14.7 Å². The summed E-state index contributed by atoms with van der Waals surface area (Å²) in [5.41, 5.74) is 2.50. The molecular weight excluding hydrogens is 404 g/mol. The molecule has 1 saturated heterocycles. The minimum absolute atomic E-state index is 0.127. The minimum atomic E-state index is -0.651. The van der Waals surface area contributed by atoms with Crippen molar-refractivity contribution >= 4 is 17.4 Å². The van der Waals surface area contributed by atoms with E-state index in [4.69, 9.17) is 4.74 Å². The van der Waals surface area contributed by atoms with Crippen LogP contribution in [0.4, 0.5) is 0 Å². The van der Waals surface area contributed by atoms with Gasteiger partial charge in [-0.05, 0) is 56.8 Å². The first kappa shape index (κ1) is 23.5. The highest BCUT2D eigenvalue weighted by atomic mass is 16.5. The third-order valence-electron chi connectivity index (χ3n) is 5.92. The zero-order valence-electron chi connectivity index (χ0n) is 19.3. The van der Waals surface area contributed by atoms with Gasteiger partial charge < -0.3 is 19.6 Å². The molecule has 0 radical (unpaired) electrons. The lowest BCUT2D eigenvalue weighted by Crippen LogP contribution is -2.38. The number of hydrogen-bond acceptors (Lipinski definition) is 5. The highest BCUT2D eigenvalue weighted by Crippen LogP contribution is 2.39. The van der Waals surface area contributed by atoms with E-state index in [0.717, 1.165) is 24.2 Å². The second-order valence-corrected chi connectivity index (χ2v) is 7.89. The van der Waals surface area contributed by atoms with Gasteiger partial charge in [-0.25, -0.2) is 0 Å². The van der Waals surface area contributed by atoms with Crippen LogP contribution in [0.2, 0.25) is 0 Å². The number of carbonyl (C=O) groups excluding carboxylic acids is 2. The van der Waals surface area contributed by atoms with Crippen molar-refractivity contribution in [2.45, 2.75) is 33.7 Å². The number of nitrogens with zero attached hydrogens (tertiary/aromatic N) is 2. The van der Waals surface area contributed by atoms with E-state index in [-0.39, 0.29) is 11.3 Å². The van der Waals surface area contributed by atoms with E-state index < -0.39 is 17.7 Å². The molecule has 6 heteroatoms. The van der Waals surface area contributed by atoms with Gasteiger partial charge in [-0.2, -0.15) is 0 Å². The Hall–Kier alpha value is -3.12. The minimum Gasteiger partial charge on any atom is -0.507 e. The Kier molecular flexibility index (Phi) is 7.70. The van der Waals surface area contributed by atoms with Gasteiger partial charge in [0.2, 0.25) is 0 Å². The van der Waals surface area contributed by atoms with Gasteiger partial charge in [0.25, 0.3) is 11.7 Å². The van der Waals surface area contributed by atoms with Gasteiger partial charge in [0, 0.05) is 18.7 Å². The highest BCUT2D eigenvalue weighted by molar-refractivity contribution is 6.46. The van der Waals surface area contributed by atoms with Crippen molar-refractivity contribution in [1.29, 1.82) is 0 Å². The summed E-state index contributed by atoms with van der Waals surface area (Å²) in [4.78, 5) is 29.9. The SMILES string of the molecule is CCOc1ccc(/C(O)=C2\C(=O)C(=O)N(CCN(CC)CC)[C@@H]2c2ccc(C)cc2)cc1. The van der Waals surface area contributed by atoms with Crippen LogP contribution in [-0.4, -0.2) is 59.4 Å². The molecule has 170 valence electrons. The summed E-state index contributed by atoms with van der Waals surface area (Å²) >= 11 is 0. The summed E-state index contributed by atoms with van der Waals surface area (Å²) in [6, 6.07) is 14.0. The van der Waals surface area contributed by atoms with Crippen molar-refractivity contribution in [3.05, 3.63) is 70.8 Å². The Morgan fingerprint density at radius 2 is 1.62 bits per heavy atom. The number of amides is 1. The number of rotatable bonds is 9. The summed E-state index contributed by atoms with van der Waals surface area (Å²) in [5, 5.41) is 11.1. The molecular formula is C26H32N2O4. The molecule has 0 aromatic heterocycles. The Balaban J connectivity index is 2.05. The second kappa shape index (κ2) is 10.5. The molecule has 1 heterocycles. The van der Waals surface area contributed by atoms with E-state index in [0.29, 0.717) is 31.0 Å². The first-order valence-corrected chi connectivity index (χ1v) is 11.2. The number of ether oxygens (including phenoxy) is 1. The van der Waals surface area contributed by atoms with Crippen LogP contribution in [0.1, 0.15) is 43.5 Å². The molecule has 0 spiro atoms. The third kappa shape index (κ3) is 4.86. The molecule has 1 fully saturated rings. The summed E-state index contributed by atoms with van der Waals surface area (Å²) in [5.74, 6) is -0.710. The van der Waals surface area contributed by atoms with Crippen LogP contribution in [0, 0.1) is 6.92 Å². The number of likely N-dealkylation sites (tertiary alicyclic amines) is 1. The number of Topliss-reactive ketones (excluding diaryl/α,β-unsaturated/α-hetero) is 1. The van der Waals surface area contributed by atoms with E-state index in [1.54, 1.807) is 29.2 Å². The lowest BCUT2D eigenvalue weighted by Gasteiger charge is -2.28. The van der Waals surface area contributed by atoms with Gasteiger partial charge in [0.15, 0.2) is 0 Å². The monoisotopic (exact) mass is 436 g/mol. The molecule has 0 unspecified atom stereocenters. The smallest absolute Gasteiger partial charge is 0.295 e. The molecule has 2 aromatic carbocycles. The predicted molar refractivity (Wildman–Crippen MR) is 126 cm³/mol. The molecule has 32 heavy (non-hydrogen) atoms. The van der Waals surface area contributed by atoms with E-state index in [2.05, 4.69) is 18.7 Å². The Morgan fingerprint density at radius 3 is 2.19 bits per heavy atom. The fourth-order valence-electron chi connectivity index (χ4n) is 4.03. The molecule has 2 aromatic rings. The number of aliphatic hydroxyl groups is 1. The van der Waals surface area contributed by atoms with Crippen LogP contribution in [0.3, 0.4) is 0 Å². The van der Waals surface area contributed by atoms with Crippen LogP contribution in [0.15, 0.2) is 54.1 Å². The van der Waals surface area contributed by atoms with Crippen LogP contribution >= 0.6 is 0 Å². The zero-order chi connectivity index (χ0) is 23.3. The fourth-order valence-corrected chi connectivity index (χ4v) is 4.03. The van der Waals surface area contributed by atoms with E-state index in [1.807, 2.05) is 38.1 Å². The quantitative estimate of drug-likeness (QED) is 0.363. The lowest BCUT2D eigenvalue weighted by molar-refractivity contribution is -0.140. The van der Waals surface area contributed by atoms with Crippen LogP contribution in [-0.2, 0) is 9.59 Å². The van der Waals surface area contributed by atoms with Gasteiger partial charge in [-0.3, -0.25) is 9.59 Å². The van der Waals surface area contributed by atoms with Crippen LogP contribution in [0.5, 0.6) is 5.75 Å². The molecule has 6 nitrogen and oxygen atoms in total. The number of carbonyl (C=O) groups is 2. The van der Waals surface area contributed by atoms with Crippen molar-refractivity contribution in [3.8, 4) is 5.75 Å². The number of benzene rings is 2. The lowest BCUT2D eigenvalue weighted by atomic mass is 9.94. The third-order valence-corrected chi connectivity index (χ3v) is 5.92. The normalized spacial score (nSPS) is 17.9. The molecule has 3 rings (SSSR count). The average molecular weight is 437 g/mol. The maximum Gasteiger partial charge on any atom is 0.295 e. The molecule has 1 N–H and O–H groups in total. The van der Waals surface area contributed by atoms with E-state index in [1.165, 1.54) is 0 Å². The number of hydrogen-bond donors (Lipinski definition) is 1. The van der Waals surface area contributed by atoms with Crippen molar-refractivity contribution in [3.63, 3.8) is 0 Å². The maximum atomic E-state index is 13.1. The van der Waals surface area contributed by atoms with Crippen LogP contribution in [0.25, 0.3) is 5.76 Å². The van der Waals surface area contributed by atoms with Gasteiger partial charge in [0.05, 0.1) is 18.2 Å². The molecule has 1 aliphatic rings. The van der Waals surface area contributed by atoms with Gasteiger partial charge in [-0.15, -0.1) is 0 Å². The largest absolute Gasteiger partial charge is 0.507 e. The molecule has 0 aliphatic carbocycles. The number of aliphatic hydroxyl groups excluding tert-OH is 1. The number of ketones is 1. The van der Waals surface area contributed by atoms with E-state index >= 15 is 0 Å². The van der Waals surface area contributed by atoms with Crippen molar-refractivity contribution in [2.24, 2.45) is 0 Å². The van der Waals surface area contributed by atoms with Crippen molar-refractivity contribution in [1.82, 2.24) is 9.80 Å². The number of likely N-dealkylation sites (N-methyl/N-ethyl adjacent to an activating group) is 1.